The van der Waals surface area contributed by atoms with Crippen LogP contribution in [-0.2, 0) is 9.53 Å². The van der Waals surface area contributed by atoms with Gasteiger partial charge in [-0.3, -0.25) is 0 Å². The zero-order valence-corrected chi connectivity index (χ0v) is 7.50. The highest BCUT2D eigenvalue weighted by Crippen LogP contribution is 2.00. The summed E-state index contributed by atoms with van der Waals surface area (Å²) in [4.78, 5) is 10.5. The van der Waals surface area contributed by atoms with Gasteiger partial charge in [0.15, 0.2) is 6.10 Å². The number of halogens is 1. The Labute approximate surface area is 73.8 Å². The van der Waals surface area contributed by atoms with Gasteiger partial charge in [0, 0.05) is 17.8 Å². The fraction of sp³-hybridized carbons (Fsp3) is 0.429. The highest BCUT2D eigenvalue weighted by atomic mass is 79.9. The summed E-state index contributed by atoms with van der Waals surface area (Å²) in [5.74, 6) is -0.558. The van der Waals surface area contributed by atoms with Crippen LogP contribution in [0.4, 0.5) is 0 Å². The van der Waals surface area contributed by atoms with Crippen LogP contribution >= 0.6 is 15.9 Å². The smallest absolute Gasteiger partial charge is 0.331 e. The molecule has 0 aliphatic rings. The average molecular weight is 218 g/mol. The molecule has 0 aromatic heterocycles. The summed E-state index contributed by atoms with van der Waals surface area (Å²) in [6.45, 7) is 3.21. The summed E-state index contributed by atoms with van der Waals surface area (Å²) >= 11 is 3.13. The number of hydrogen-bond acceptors (Lipinski definition) is 3. The molecule has 1 atom stereocenters. The van der Waals surface area contributed by atoms with Gasteiger partial charge in [0.25, 0.3) is 0 Å². The first-order valence-electron chi connectivity index (χ1n) is 3.03. The Bertz CT molecular complexity index is 185. The van der Waals surface area contributed by atoms with Gasteiger partial charge in [-0.05, 0) is 0 Å². The van der Waals surface area contributed by atoms with Crippen molar-refractivity contribution >= 4 is 21.9 Å². The molecule has 3 nitrogen and oxygen atoms in total. The predicted molar refractivity (Wildman–Crippen MR) is 44.1 cm³/mol. The maximum absolute atomic E-state index is 10.5. The lowest BCUT2D eigenvalue weighted by Crippen LogP contribution is -2.14. The predicted octanol–water partition coefficient (Wildman–Crippen LogP) is 1.39. The first-order valence-corrected chi connectivity index (χ1v) is 4.15. The zero-order valence-electron chi connectivity index (χ0n) is 5.92. The van der Waals surface area contributed by atoms with Crippen LogP contribution in [-0.4, -0.2) is 17.4 Å². The van der Waals surface area contributed by atoms with Crippen molar-refractivity contribution in [1.82, 2.24) is 0 Å². The van der Waals surface area contributed by atoms with E-state index >= 15 is 0 Å². The van der Waals surface area contributed by atoms with Crippen molar-refractivity contribution in [2.45, 2.75) is 12.5 Å². The Hall–Kier alpha value is -0.820. The van der Waals surface area contributed by atoms with Crippen LogP contribution in [0, 0.1) is 11.3 Å². The molecule has 0 radical (unpaired) electrons. The second-order valence-electron chi connectivity index (χ2n) is 1.74. The van der Waals surface area contributed by atoms with Crippen LogP contribution in [0.3, 0.4) is 0 Å². The molecule has 4 heteroatoms. The van der Waals surface area contributed by atoms with Crippen molar-refractivity contribution in [1.29, 1.82) is 5.26 Å². The average Bonchev–Trinajstić information content (AvgIpc) is 2.03. The summed E-state index contributed by atoms with van der Waals surface area (Å²) in [7, 11) is 0. The van der Waals surface area contributed by atoms with Crippen LogP contribution in [0.5, 0.6) is 0 Å². The fourth-order valence-electron chi connectivity index (χ4n) is 0.437. The summed E-state index contributed by atoms with van der Waals surface area (Å²) in [5, 5.41) is 9.05. The Morgan fingerprint density at radius 2 is 2.55 bits per heavy atom. The molecule has 0 rings (SSSR count). The van der Waals surface area contributed by atoms with Crippen LogP contribution in [0.1, 0.15) is 6.42 Å². The molecule has 60 valence electrons. The van der Waals surface area contributed by atoms with E-state index in [4.69, 9.17) is 5.26 Å². The number of rotatable bonds is 4. The lowest BCUT2D eigenvalue weighted by Gasteiger charge is -2.05. The molecule has 0 amide bonds. The van der Waals surface area contributed by atoms with Crippen LogP contribution < -0.4 is 0 Å². The lowest BCUT2D eigenvalue weighted by atomic mass is 10.3. The zero-order chi connectivity index (χ0) is 8.69. The highest BCUT2D eigenvalue weighted by Gasteiger charge is 2.09. The van der Waals surface area contributed by atoms with Crippen LogP contribution in [0.2, 0.25) is 0 Å². The van der Waals surface area contributed by atoms with Gasteiger partial charge in [-0.15, -0.1) is 0 Å². The standard InChI is InChI=1S/C7H8BrNO2/c1-2-7(10)11-6(5-9)3-4-8/h2,6H,1,3-4H2. The molecule has 0 aliphatic carbocycles. The molecule has 0 aromatic carbocycles. The third-order valence-corrected chi connectivity index (χ3v) is 1.40. The molecule has 0 bridgehead atoms. The maximum Gasteiger partial charge on any atom is 0.331 e. The third-order valence-electron chi connectivity index (χ3n) is 0.940. The number of nitrogens with zero attached hydrogens (tertiary/aromatic N) is 1. The van der Waals surface area contributed by atoms with E-state index in [9.17, 15) is 4.79 Å². The van der Waals surface area contributed by atoms with Gasteiger partial charge in [0.05, 0.1) is 0 Å². The number of ether oxygens (including phenoxy) is 1. The van der Waals surface area contributed by atoms with E-state index in [0.717, 1.165) is 6.08 Å². The number of carbonyl (C=O) groups excluding carboxylic acids is 1. The molecule has 0 fully saturated rings. The lowest BCUT2D eigenvalue weighted by molar-refractivity contribution is -0.140. The number of carbonyl (C=O) groups is 1. The van der Waals surface area contributed by atoms with Crippen LogP contribution in [0.25, 0.3) is 0 Å². The normalized spacial score (nSPS) is 11.3. The molecule has 0 saturated heterocycles. The number of nitriles is 1. The van der Waals surface area contributed by atoms with Crippen molar-refractivity contribution in [2.24, 2.45) is 0 Å². The summed E-state index contributed by atoms with van der Waals surface area (Å²) in [6, 6.07) is 1.85. The van der Waals surface area contributed by atoms with Crippen molar-refractivity contribution in [3.63, 3.8) is 0 Å². The minimum Gasteiger partial charge on any atom is -0.444 e. The van der Waals surface area contributed by atoms with Crippen molar-refractivity contribution in [3.05, 3.63) is 12.7 Å². The van der Waals surface area contributed by atoms with Gasteiger partial charge in [-0.25, -0.2) is 4.79 Å². The molecular weight excluding hydrogens is 210 g/mol. The molecule has 0 N–H and O–H groups in total. The van der Waals surface area contributed by atoms with Crippen LogP contribution in [0.15, 0.2) is 12.7 Å². The van der Waals surface area contributed by atoms with Gasteiger partial charge in [0.2, 0.25) is 0 Å². The monoisotopic (exact) mass is 217 g/mol. The van der Waals surface area contributed by atoms with Gasteiger partial charge in [-0.2, -0.15) is 5.26 Å². The minimum absolute atomic E-state index is 0.496. The van der Waals surface area contributed by atoms with E-state index in [0.29, 0.717) is 11.8 Å². The van der Waals surface area contributed by atoms with Gasteiger partial charge in [0.1, 0.15) is 6.07 Å². The topological polar surface area (TPSA) is 50.1 Å². The van der Waals surface area contributed by atoms with E-state index in [2.05, 4.69) is 27.2 Å². The van der Waals surface area contributed by atoms with Gasteiger partial charge >= 0.3 is 5.97 Å². The van der Waals surface area contributed by atoms with Gasteiger partial charge < -0.3 is 4.74 Å². The molecule has 0 aromatic rings. The first kappa shape index (κ1) is 10.2. The van der Waals surface area contributed by atoms with E-state index in [-0.39, 0.29) is 0 Å². The second kappa shape index (κ2) is 5.93. The second-order valence-corrected chi connectivity index (χ2v) is 2.53. The molecule has 1 unspecified atom stereocenters. The van der Waals surface area contributed by atoms with E-state index in [1.165, 1.54) is 0 Å². The third kappa shape index (κ3) is 4.57. The Balaban J connectivity index is 3.79. The molecular formula is C7H8BrNO2. The molecule has 0 spiro atoms. The quantitative estimate of drug-likeness (QED) is 0.407. The molecule has 11 heavy (non-hydrogen) atoms. The minimum atomic E-state index is -0.667. The Morgan fingerprint density at radius 3 is 2.91 bits per heavy atom. The van der Waals surface area contributed by atoms with Crippen molar-refractivity contribution in [2.75, 3.05) is 5.33 Å². The van der Waals surface area contributed by atoms with E-state index < -0.39 is 12.1 Å². The van der Waals surface area contributed by atoms with Gasteiger partial charge in [-0.1, -0.05) is 22.5 Å². The molecule has 0 aliphatic heterocycles. The largest absolute Gasteiger partial charge is 0.444 e. The van der Waals surface area contributed by atoms with Crippen molar-refractivity contribution in [3.8, 4) is 6.07 Å². The SMILES string of the molecule is C=CC(=O)OC(C#N)CCBr. The molecule has 0 saturated carbocycles. The first-order chi connectivity index (χ1) is 5.24. The summed E-state index contributed by atoms with van der Waals surface area (Å²) < 4.78 is 4.64. The van der Waals surface area contributed by atoms with E-state index in [1.807, 2.05) is 6.07 Å². The number of alkyl halides is 1. The maximum atomic E-state index is 10.5. The summed E-state index contributed by atoms with van der Waals surface area (Å²) in [6.07, 6.45) is 0.870. The Kier molecular flexibility index (Phi) is 5.49. The van der Waals surface area contributed by atoms with Crippen molar-refractivity contribution < 1.29 is 9.53 Å². The Morgan fingerprint density at radius 1 is 1.91 bits per heavy atom. The molecule has 0 heterocycles. The summed E-state index contributed by atoms with van der Waals surface area (Å²) in [5.41, 5.74) is 0. The number of esters is 1. The van der Waals surface area contributed by atoms with E-state index in [1.54, 1.807) is 0 Å². The fourth-order valence-corrected chi connectivity index (χ4v) is 0.853. The highest BCUT2D eigenvalue weighted by molar-refractivity contribution is 9.09. The number of hydrogen-bond donors (Lipinski definition) is 0.